The predicted molar refractivity (Wildman–Crippen MR) is 90.9 cm³/mol. The minimum absolute atomic E-state index is 0.0807. The van der Waals surface area contributed by atoms with E-state index in [-0.39, 0.29) is 18.2 Å². The summed E-state index contributed by atoms with van der Waals surface area (Å²) in [6.45, 7) is 0.157. The molecule has 0 aliphatic rings. The first kappa shape index (κ1) is 17.2. The Balaban J connectivity index is 1.49. The molecule has 128 valence electrons. The number of nitrogens with one attached hydrogen (secondary N) is 1. The van der Waals surface area contributed by atoms with Crippen molar-refractivity contribution in [2.24, 2.45) is 0 Å². The van der Waals surface area contributed by atoms with Crippen molar-refractivity contribution in [3.05, 3.63) is 72.3 Å². The molecular weight excluding hydrogens is 346 g/mol. The van der Waals surface area contributed by atoms with Gasteiger partial charge in [0.1, 0.15) is 0 Å². The summed E-state index contributed by atoms with van der Waals surface area (Å²) >= 11 is 1.12. The highest BCUT2D eigenvalue weighted by Gasteiger charge is 2.09. The van der Waals surface area contributed by atoms with Gasteiger partial charge in [0.25, 0.3) is 0 Å². The van der Waals surface area contributed by atoms with Crippen LogP contribution in [0.3, 0.4) is 0 Å². The molecule has 1 heterocycles. The Morgan fingerprint density at radius 3 is 2.68 bits per heavy atom. The van der Waals surface area contributed by atoms with Gasteiger partial charge in [0.05, 0.1) is 18.5 Å². The van der Waals surface area contributed by atoms with Gasteiger partial charge in [0.15, 0.2) is 17.4 Å². The predicted octanol–water partition coefficient (Wildman–Crippen LogP) is 4.03. The molecule has 0 unspecified atom stereocenters. The fourth-order valence-electron chi connectivity index (χ4n) is 2.07. The largest absolute Gasteiger partial charge is 0.439 e. The van der Waals surface area contributed by atoms with Gasteiger partial charge in [-0.25, -0.2) is 13.8 Å². The molecular formula is C18H14F2N2O2S. The van der Waals surface area contributed by atoms with Gasteiger partial charge in [0.2, 0.25) is 11.8 Å². The lowest BCUT2D eigenvalue weighted by molar-refractivity contribution is -0.118. The number of benzene rings is 2. The zero-order valence-corrected chi connectivity index (χ0v) is 13.9. The van der Waals surface area contributed by atoms with Gasteiger partial charge >= 0.3 is 0 Å². The van der Waals surface area contributed by atoms with Gasteiger partial charge in [-0.15, -0.1) is 11.8 Å². The molecule has 4 nitrogen and oxygen atoms in total. The molecule has 3 aromatic rings. The summed E-state index contributed by atoms with van der Waals surface area (Å²) in [5.41, 5.74) is 0.904. The molecule has 0 atom stereocenters. The van der Waals surface area contributed by atoms with Crippen molar-refractivity contribution < 1.29 is 18.0 Å². The van der Waals surface area contributed by atoms with Crippen LogP contribution in [0.5, 0.6) is 0 Å². The second kappa shape index (κ2) is 7.94. The number of oxazole rings is 1. The average Bonchev–Trinajstić information content (AvgIpc) is 3.11. The van der Waals surface area contributed by atoms with Gasteiger partial charge in [-0.2, -0.15) is 0 Å². The molecule has 2 aromatic carbocycles. The first-order valence-electron chi connectivity index (χ1n) is 7.46. The molecule has 0 radical (unpaired) electrons. The Morgan fingerprint density at radius 1 is 1.12 bits per heavy atom. The molecule has 1 aromatic heterocycles. The number of halogens is 2. The molecule has 0 aliphatic heterocycles. The summed E-state index contributed by atoms with van der Waals surface area (Å²) in [5.74, 6) is -0.997. The van der Waals surface area contributed by atoms with Crippen LogP contribution < -0.4 is 5.32 Å². The molecule has 3 rings (SSSR count). The molecule has 1 amide bonds. The SMILES string of the molecule is O=C(CSc1ccc(F)c(F)c1)NCc1ncc(-c2ccccc2)o1. The van der Waals surface area contributed by atoms with E-state index in [4.69, 9.17) is 4.42 Å². The number of nitrogens with zero attached hydrogens (tertiary/aromatic N) is 1. The van der Waals surface area contributed by atoms with Crippen molar-refractivity contribution in [3.8, 4) is 11.3 Å². The third-order valence-corrected chi connectivity index (χ3v) is 4.30. The maximum atomic E-state index is 13.1. The van der Waals surface area contributed by atoms with E-state index in [9.17, 15) is 13.6 Å². The fraction of sp³-hybridized carbons (Fsp3) is 0.111. The molecule has 0 saturated heterocycles. The van der Waals surface area contributed by atoms with Crippen molar-refractivity contribution in [2.75, 3.05) is 5.75 Å². The van der Waals surface area contributed by atoms with Crippen LogP contribution >= 0.6 is 11.8 Å². The number of carbonyl (C=O) groups is 1. The normalized spacial score (nSPS) is 10.6. The Morgan fingerprint density at radius 2 is 1.92 bits per heavy atom. The van der Waals surface area contributed by atoms with E-state index in [1.165, 1.54) is 6.07 Å². The highest BCUT2D eigenvalue weighted by molar-refractivity contribution is 8.00. The summed E-state index contributed by atoms with van der Waals surface area (Å²) in [7, 11) is 0. The second-order valence-corrected chi connectivity index (χ2v) is 6.17. The lowest BCUT2D eigenvalue weighted by atomic mass is 10.2. The van der Waals surface area contributed by atoms with Gasteiger partial charge in [-0.1, -0.05) is 30.3 Å². The smallest absolute Gasteiger partial charge is 0.230 e. The lowest BCUT2D eigenvalue weighted by Crippen LogP contribution is -2.24. The van der Waals surface area contributed by atoms with Gasteiger partial charge in [-0.05, 0) is 18.2 Å². The maximum Gasteiger partial charge on any atom is 0.230 e. The van der Waals surface area contributed by atoms with E-state index in [0.717, 1.165) is 29.5 Å². The molecule has 0 bridgehead atoms. The molecule has 0 fully saturated rings. The summed E-state index contributed by atoms with van der Waals surface area (Å²) in [6, 6.07) is 13.0. The number of hydrogen-bond acceptors (Lipinski definition) is 4. The molecule has 0 spiro atoms. The van der Waals surface area contributed by atoms with Crippen LogP contribution in [0.15, 0.2) is 64.0 Å². The number of thioether (sulfide) groups is 1. The summed E-state index contributed by atoms with van der Waals surface area (Å²) in [4.78, 5) is 16.5. The standard InChI is InChI=1S/C18H14F2N2O2S/c19-14-7-6-13(8-15(14)20)25-11-17(23)21-10-18-22-9-16(24-18)12-4-2-1-3-5-12/h1-9H,10-11H2,(H,21,23). The van der Waals surface area contributed by atoms with Crippen molar-refractivity contribution in [1.29, 1.82) is 0 Å². The zero-order chi connectivity index (χ0) is 17.6. The Bertz CT molecular complexity index is 869. The monoisotopic (exact) mass is 360 g/mol. The topological polar surface area (TPSA) is 55.1 Å². The first-order valence-corrected chi connectivity index (χ1v) is 8.45. The number of hydrogen-bond donors (Lipinski definition) is 1. The van der Waals surface area contributed by atoms with Gasteiger partial charge < -0.3 is 9.73 Å². The van der Waals surface area contributed by atoms with E-state index in [1.54, 1.807) is 6.20 Å². The Kier molecular flexibility index (Phi) is 5.45. The number of aromatic nitrogens is 1. The van der Waals surface area contributed by atoms with Gasteiger partial charge in [0, 0.05) is 10.5 Å². The van der Waals surface area contributed by atoms with E-state index in [0.29, 0.717) is 16.5 Å². The fourth-order valence-corrected chi connectivity index (χ4v) is 2.82. The molecule has 0 saturated carbocycles. The first-order chi connectivity index (χ1) is 12.1. The molecule has 0 aliphatic carbocycles. The van der Waals surface area contributed by atoms with Crippen molar-refractivity contribution in [1.82, 2.24) is 10.3 Å². The van der Waals surface area contributed by atoms with Crippen molar-refractivity contribution in [2.45, 2.75) is 11.4 Å². The van der Waals surface area contributed by atoms with E-state index in [2.05, 4.69) is 10.3 Å². The van der Waals surface area contributed by atoms with Crippen molar-refractivity contribution in [3.63, 3.8) is 0 Å². The van der Waals surface area contributed by atoms with Gasteiger partial charge in [-0.3, -0.25) is 4.79 Å². The zero-order valence-electron chi connectivity index (χ0n) is 13.0. The lowest BCUT2D eigenvalue weighted by Gasteiger charge is -2.03. The highest BCUT2D eigenvalue weighted by atomic mass is 32.2. The van der Waals surface area contributed by atoms with Crippen LogP contribution in [0.25, 0.3) is 11.3 Å². The van der Waals surface area contributed by atoms with E-state index < -0.39 is 11.6 Å². The molecule has 7 heteroatoms. The maximum absolute atomic E-state index is 13.1. The summed E-state index contributed by atoms with van der Waals surface area (Å²) in [5, 5.41) is 2.68. The third kappa shape index (κ3) is 4.67. The van der Waals surface area contributed by atoms with Crippen LogP contribution in [-0.2, 0) is 11.3 Å². The Labute approximate surface area is 147 Å². The second-order valence-electron chi connectivity index (χ2n) is 5.13. The van der Waals surface area contributed by atoms with E-state index in [1.807, 2.05) is 30.3 Å². The van der Waals surface area contributed by atoms with Crippen LogP contribution in [0, 0.1) is 11.6 Å². The average molecular weight is 360 g/mol. The molecule has 1 N–H and O–H groups in total. The van der Waals surface area contributed by atoms with E-state index >= 15 is 0 Å². The van der Waals surface area contributed by atoms with Crippen LogP contribution in [-0.4, -0.2) is 16.6 Å². The van der Waals surface area contributed by atoms with Crippen LogP contribution in [0.2, 0.25) is 0 Å². The van der Waals surface area contributed by atoms with Crippen molar-refractivity contribution >= 4 is 17.7 Å². The minimum Gasteiger partial charge on any atom is -0.439 e. The summed E-state index contributed by atoms with van der Waals surface area (Å²) in [6.07, 6.45) is 1.60. The quantitative estimate of drug-likeness (QED) is 0.675. The van der Waals surface area contributed by atoms with Crippen LogP contribution in [0.1, 0.15) is 5.89 Å². The number of amides is 1. The number of rotatable bonds is 6. The Hall–Kier alpha value is -2.67. The third-order valence-electron chi connectivity index (χ3n) is 3.31. The minimum atomic E-state index is -0.932. The summed E-state index contributed by atoms with van der Waals surface area (Å²) < 4.78 is 31.5. The van der Waals surface area contributed by atoms with Crippen LogP contribution in [0.4, 0.5) is 8.78 Å². The number of carbonyl (C=O) groups excluding carboxylic acids is 1. The highest BCUT2D eigenvalue weighted by Crippen LogP contribution is 2.21. The molecule has 25 heavy (non-hydrogen) atoms.